The van der Waals surface area contributed by atoms with E-state index < -0.39 is 0 Å². The zero-order valence-electron chi connectivity index (χ0n) is 7.81. The highest BCUT2D eigenvalue weighted by Gasteiger charge is 1.89. The Labute approximate surface area is 84.9 Å². The second-order valence-corrected chi connectivity index (χ2v) is 3.29. The lowest BCUT2D eigenvalue weighted by atomic mass is 10.1. The molecule has 0 N–H and O–H groups in total. The average Bonchev–Trinajstić information content (AvgIpc) is 2.15. The molecule has 0 nitrogen and oxygen atoms in total. The van der Waals surface area contributed by atoms with Crippen LogP contribution in [-0.4, -0.2) is 5.88 Å². The highest BCUT2D eigenvalue weighted by molar-refractivity contribution is 6.17. The molecule has 0 heterocycles. The number of benzene rings is 1. The molecule has 0 atom stereocenters. The predicted molar refractivity (Wildman–Crippen MR) is 58.0 cm³/mol. The first kappa shape index (κ1) is 10.2. The summed E-state index contributed by atoms with van der Waals surface area (Å²) in [5, 5.41) is 0. The van der Waals surface area contributed by atoms with Crippen molar-refractivity contribution in [1.82, 2.24) is 0 Å². The van der Waals surface area contributed by atoms with Crippen molar-refractivity contribution >= 4 is 11.6 Å². The molecule has 0 aliphatic heterocycles. The Morgan fingerprint density at radius 1 is 1.31 bits per heavy atom. The molecule has 0 aliphatic carbocycles. The van der Waals surface area contributed by atoms with Gasteiger partial charge >= 0.3 is 0 Å². The van der Waals surface area contributed by atoms with E-state index in [4.69, 9.17) is 11.6 Å². The van der Waals surface area contributed by atoms with Crippen LogP contribution >= 0.6 is 11.6 Å². The Morgan fingerprint density at radius 2 is 2.08 bits per heavy atom. The Hall–Kier alpha value is -0.930. The summed E-state index contributed by atoms with van der Waals surface area (Å²) in [7, 11) is 0. The molecule has 0 bridgehead atoms. The third kappa shape index (κ3) is 3.53. The highest BCUT2D eigenvalue weighted by atomic mass is 35.5. The van der Waals surface area contributed by atoms with Crippen LogP contribution in [0.2, 0.25) is 0 Å². The van der Waals surface area contributed by atoms with Gasteiger partial charge in [0.1, 0.15) is 0 Å². The first-order valence-electron chi connectivity index (χ1n) is 4.45. The largest absolute Gasteiger partial charge is 0.127 e. The van der Waals surface area contributed by atoms with Gasteiger partial charge in [0.2, 0.25) is 0 Å². The summed E-state index contributed by atoms with van der Waals surface area (Å²) >= 11 is 5.55. The molecule has 1 rings (SSSR count). The quantitative estimate of drug-likeness (QED) is 0.383. The number of hydrogen-bond donors (Lipinski definition) is 0. The first-order chi connectivity index (χ1) is 6.34. The molecule has 0 spiro atoms. The maximum absolute atomic E-state index is 5.55. The normalized spacial score (nSPS) is 9.08. The molecule has 0 aromatic heterocycles. The Balaban J connectivity index is 2.61. The maximum Gasteiger partial charge on any atom is 0.0274 e. The van der Waals surface area contributed by atoms with Crippen LogP contribution in [0.25, 0.3) is 0 Å². The van der Waals surface area contributed by atoms with Gasteiger partial charge < -0.3 is 0 Å². The summed E-state index contributed by atoms with van der Waals surface area (Å²) < 4.78 is 0. The van der Waals surface area contributed by atoms with Crippen LogP contribution in [0.5, 0.6) is 0 Å². The Bertz CT molecular complexity index is 317. The van der Waals surface area contributed by atoms with Crippen molar-refractivity contribution in [2.45, 2.75) is 19.8 Å². The van der Waals surface area contributed by atoms with E-state index >= 15 is 0 Å². The summed E-state index contributed by atoms with van der Waals surface area (Å²) in [6.45, 7) is 2.07. The van der Waals surface area contributed by atoms with Gasteiger partial charge in [0.25, 0.3) is 0 Å². The van der Waals surface area contributed by atoms with E-state index in [0.717, 1.165) is 18.4 Å². The second-order valence-electron chi connectivity index (χ2n) is 2.91. The van der Waals surface area contributed by atoms with Gasteiger partial charge in [0, 0.05) is 17.9 Å². The van der Waals surface area contributed by atoms with Gasteiger partial charge in [-0.2, -0.15) is 0 Å². The summed E-state index contributed by atoms with van der Waals surface area (Å²) in [4.78, 5) is 0. The van der Waals surface area contributed by atoms with E-state index in [2.05, 4.69) is 24.8 Å². The van der Waals surface area contributed by atoms with Crippen molar-refractivity contribution < 1.29 is 0 Å². The molecule has 0 saturated heterocycles. The summed E-state index contributed by atoms with van der Waals surface area (Å²) in [6.07, 6.45) is 1.86. The number of hydrogen-bond acceptors (Lipinski definition) is 0. The van der Waals surface area contributed by atoms with Gasteiger partial charge in [0.05, 0.1) is 0 Å². The summed E-state index contributed by atoms with van der Waals surface area (Å²) in [5.41, 5.74) is 2.36. The molecule has 1 aromatic rings. The number of rotatable bonds is 2. The fourth-order valence-corrected chi connectivity index (χ4v) is 1.16. The Morgan fingerprint density at radius 3 is 2.77 bits per heavy atom. The topological polar surface area (TPSA) is 0 Å². The molecule has 0 fully saturated rings. The fraction of sp³-hybridized carbons (Fsp3) is 0.333. The van der Waals surface area contributed by atoms with Crippen LogP contribution < -0.4 is 0 Å². The SMILES string of the molecule is Cc1ccccc1C#CCCCCl. The van der Waals surface area contributed by atoms with Crippen LogP contribution in [0.3, 0.4) is 0 Å². The molecule has 0 radical (unpaired) electrons. The molecule has 0 aliphatic rings. The van der Waals surface area contributed by atoms with E-state index in [1.807, 2.05) is 18.2 Å². The van der Waals surface area contributed by atoms with Crippen molar-refractivity contribution in [1.29, 1.82) is 0 Å². The number of halogens is 1. The third-order valence-electron chi connectivity index (χ3n) is 1.80. The smallest absolute Gasteiger partial charge is 0.0274 e. The van der Waals surface area contributed by atoms with Gasteiger partial charge in [0.15, 0.2) is 0 Å². The molecule has 13 heavy (non-hydrogen) atoms. The van der Waals surface area contributed by atoms with E-state index in [1.54, 1.807) is 0 Å². The zero-order valence-corrected chi connectivity index (χ0v) is 8.56. The van der Waals surface area contributed by atoms with E-state index in [9.17, 15) is 0 Å². The minimum absolute atomic E-state index is 0.697. The molecule has 0 amide bonds. The van der Waals surface area contributed by atoms with E-state index in [-0.39, 0.29) is 0 Å². The second kappa shape index (κ2) is 5.67. The zero-order chi connectivity index (χ0) is 9.52. The van der Waals surface area contributed by atoms with E-state index in [1.165, 1.54) is 5.56 Å². The average molecular weight is 193 g/mol. The molecule has 0 unspecified atom stereocenters. The van der Waals surface area contributed by atoms with Gasteiger partial charge in [-0.15, -0.1) is 11.6 Å². The maximum atomic E-state index is 5.55. The van der Waals surface area contributed by atoms with Crippen molar-refractivity contribution in [3.05, 3.63) is 35.4 Å². The third-order valence-corrected chi connectivity index (χ3v) is 2.07. The van der Waals surface area contributed by atoms with Gasteiger partial charge in [-0.3, -0.25) is 0 Å². The van der Waals surface area contributed by atoms with Crippen molar-refractivity contribution in [2.75, 3.05) is 5.88 Å². The lowest BCUT2D eigenvalue weighted by Gasteiger charge is -1.94. The molecule has 0 saturated carbocycles. The monoisotopic (exact) mass is 192 g/mol. The molecular weight excluding hydrogens is 180 g/mol. The summed E-state index contributed by atoms with van der Waals surface area (Å²) in [6, 6.07) is 8.16. The van der Waals surface area contributed by atoms with Gasteiger partial charge in [-0.25, -0.2) is 0 Å². The van der Waals surface area contributed by atoms with Gasteiger partial charge in [-0.05, 0) is 25.0 Å². The van der Waals surface area contributed by atoms with Crippen LogP contribution in [0.1, 0.15) is 24.0 Å². The Kier molecular flexibility index (Phi) is 4.43. The summed E-state index contributed by atoms with van der Waals surface area (Å²) in [5.74, 6) is 6.94. The number of unbranched alkanes of at least 4 members (excludes halogenated alkanes) is 1. The minimum atomic E-state index is 0.697. The molecular formula is C12H13Cl. The van der Waals surface area contributed by atoms with Crippen LogP contribution in [0.15, 0.2) is 24.3 Å². The van der Waals surface area contributed by atoms with Crippen molar-refractivity contribution in [2.24, 2.45) is 0 Å². The minimum Gasteiger partial charge on any atom is -0.127 e. The van der Waals surface area contributed by atoms with Crippen molar-refractivity contribution in [3.63, 3.8) is 0 Å². The molecule has 1 heteroatoms. The van der Waals surface area contributed by atoms with Crippen LogP contribution in [0.4, 0.5) is 0 Å². The first-order valence-corrected chi connectivity index (χ1v) is 4.98. The van der Waals surface area contributed by atoms with Gasteiger partial charge in [-0.1, -0.05) is 30.0 Å². The van der Waals surface area contributed by atoms with Crippen molar-refractivity contribution in [3.8, 4) is 11.8 Å². The number of aryl methyl sites for hydroxylation is 1. The molecule has 1 aromatic carbocycles. The predicted octanol–water partition coefficient (Wildman–Crippen LogP) is 3.37. The lowest BCUT2D eigenvalue weighted by Crippen LogP contribution is -1.80. The van der Waals surface area contributed by atoms with Crippen LogP contribution in [-0.2, 0) is 0 Å². The highest BCUT2D eigenvalue weighted by Crippen LogP contribution is 2.04. The lowest BCUT2D eigenvalue weighted by molar-refractivity contribution is 0.991. The van der Waals surface area contributed by atoms with Crippen LogP contribution in [0, 0.1) is 18.8 Å². The fourth-order valence-electron chi connectivity index (χ4n) is 1.03. The molecule has 68 valence electrons. The van der Waals surface area contributed by atoms with E-state index in [0.29, 0.717) is 5.88 Å². The number of alkyl halides is 1. The standard InChI is InChI=1S/C12H13Cl/c1-11-7-4-5-9-12(11)8-3-2-6-10-13/h4-5,7,9H,2,6,10H2,1H3.